The number of benzene rings is 1. The van der Waals surface area contributed by atoms with E-state index in [4.69, 9.17) is 5.11 Å². The fourth-order valence-corrected chi connectivity index (χ4v) is 1.62. The third-order valence-electron chi connectivity index (χ3n) is 2.47. The molecule has 3 heteroatoms. The number of nitrogens with one attached hydrogen (secondary N) is 1. The molecule has 1 aromatic carbocycles. The van der Waals surface area contributed by atoms with Crippen LogP contribution >= 0.6 is 0 Å². The van der Waals surface area contributed by atoms with E-state index in [1.54, 1.807) is 0 Å². The van der Waals surface area contributed by atoms with Gasteiger partial charge in [0, 0.05) is 0 Å². The molecule has 0 aliphatic carbocycles. The maximum atomic E-state index is 10.3. The van der Waals surface area contributed by atoms with E-state index in [-0.39, 0.29) is 6.54 Å². The minimum atomic E-state index is -0.803. The maximum Gasteiger partial charge on any atom is 0.317 e. The van der Waals surface area contributed by atoms with Crippen LogP contribution < -0.4 is 5.32 Å². The Morgan fingerprint density at radius 2 is 2.00 bits per heavy atom. The monoisotopic (exact) mass is 221 g/mol. The second kappa shape index (κ2) is 6.28. The van der Waals surface area contributed by atoms with Crippen molar-refractivity contribution in [1.82, 2.24) is 5.32 Å². The average Bonchev–Trinajstić information content (AvgIpc) is 2.21. The van der Waals surface area contributed by atoms with E-state index in [2.05, 4.69) is 43.4 Å². The van der Waals surface area contributed by atoms with Crippen LogP contribution in [0.5, 0.6) is 0 Å². The molecule has 2 N–H and O–H groups in total. The Bertz CT molecular complexity index is 332. The number of hydrogen-bond donors (Lipinski definition) is 2. The van der Waals surface area contributed by atoms with Gasteiger partial charge in [-0.25, -0.2) is 0 Å². The molecular weight excluding hydrogens is 202 g/mol. The van der Waals surface area contributed by atoms with Gasteiger partial charge in [0.15, 0.2) is 0 Å². The summed E-state index contributed by atoms with van der Waals surface area (Å²) in [6, 6.07) is 8.46. The van der Waals surface area contributed by atoms with Gasteiger partial charge in [-0.05, 0) is 31.4 Å². The molecule has 0 radical (unpaired) electrons. The molecule has 0 spiro atoms. The lowest BCUT2D eigenvalue weighted by Gasteiger charge is -2.11. The van der Waals surface area contributed by atoms with Crippen LogP contribution in [-0.2, 0) is 11.2 Å². The summed E-state index contributed by atoms with van der Waals surface area (Å²) in [6.45, 7) is 4.97. The predicted molar refractivity (Wildman–Crippen MR) is 64.6 cm³/mol. The lowest BCUT2D eigenvalue weighted by Crippen LogP contribution is -2.27. The van der Waals surface area contributed by atoms with Crippen molar-refractivity contribution in [3.8, 4) is 0 Å². The minimum absolute atomic E-state index is 0.0399. The highest BCUT2D eigenvalue weighted by molar-refractivity contribution is 5.68. The Morgan fingerprint density at radius 1 is 1.38 bits per heavy atom. The molecule has 0 aromatic heterocycles. The van der Waals surface area contributed by atoms with Gasteiger partial charge >= 0.3 is 5.97 Å². The van der Waals surface area contributed by atoms with Crippen LogP contribution in [0.15, 0.2) is 24.3 Å². The van der Waals surface area contributed by atoms with Crippen molar-refractivity contribution in [1.29, 1.82) is 0 Å². The van der Waals surface area contributed by atoms with E-state index in [1.807, 2.05) is 0 Å². The number of rotatable bonds is 6. The second-order valence-corrected chi connectivity index (χ2v) is 4.32. The number of aryl methyl sites for hydroxylation is 1. The molecule has 1 rings (SSSR count). The lowest BCUT2D eigenvalue weighted by molar-refractivity contribution is -0.135. The van der Waals surface area contributed by atoms with Gasteiger partial charge in [0.1, 0.15) is 0 Å². The molecule has 0 saturated heterocycles. The molecule has 88 valence electrons. The van der Waals surface area contributed by atoms with Crippen LogP contribution in [-0.4, -0.2) is 24.2 Å². The van der Waals surface area contributed by atoms with Crippen molar-refractivity contribution in [3.63, 3.8) is 0 Å². The molecule has 1 aromatic rings. The van der Waals surface area contributed by atoms with E-state index >= 15 is 0 Å². The molecule has 0 amide bonds. The Kier molecular flexibility index (Phi) is 4.99. The molecule has 0 aliphatic rings. The first-order chi connectivity index (χ1) is 7.58. The first kappa shape index (κ1) is 12.7. The fraction of sp³-hybridized carbons (Fsp3) is 0.462. The zero-order chi connectivity index (χ0) is 12.0. The van der Waals surface area contributed by atoms with Crippen molar-refractivity contribution in [2.45, 2.75) is 20.3 Å². The predicted octanol–water partition coefficient (Wildman–Crippen LogP) is 1.85. The van der Waals surface area contributed by atoms with Crippen molar-refractivity contribution < 1.29 is 9.90 Å². The van der Waals surface area contributed by atoms with E-state index in [1.165, 1.54) is 11.1 Å². The number of carboxylic acids is 1. The Hall–Kier alpha value is -1.35. The zero-order valence-electron chi connectivity index (χ0n) is 9.86. The average molecular weight is 221 g/mol. The summed E-state index contributed by atoms with van der Waals surface area (Å²) in [4.78, 5) is 10.3. The molecule has 3 nitrogen and oxygen atoms in total. The normalized spacial score (nSPS) is 12.4. The molecule has 0 fully saturated rings. The number of hydrogen-bond acceptors (Lipinski definition) is 2. The maximum absolute atomic E-state index is 10.3. The molecular formula is C13H19NO2. The van der Waals surface area contributed by atoms with Gasteiger partial charge in [-0.2, -0.15) is 0 Å². The van der Waals surface area contributed by atoms with Gasteiger partial charge in [0.25, 0.3) is 0 Å². The van der Waals surface area contributed by atoms with Gasteiger partial charge < -0.3 is 10.4 Å². The summed E-state index contributed by atoms with van der Waals surface area (Å²) in [6.07, 6.45) is 0.979. The van der Waals surface area contributed by atoms with E-state index in [0.717, 1.165) is 13.0 Å². The molecule has 0 aliphatic heterocycles. The topological polar surface area (TPSA) is 49.3 Å². The molecule has 0 bridgehead atoms. The van der Waals surface area contributed by atoms with Crippen LogP contribution in [0.1, 0.15) is 18.1 Å². The van der Waals surface area contributed by atoms with Crippen LogP contribution in [0, 0.1) is 12.8 Å². The second-order valence-electron chi connectivity index (χ2n) is 4.32. The third-order valence-corrected chi connectivity index (χ3v) is 2.47. The van der Waals surface area contributed by atoms with Crippen LogP contribution in [0.4, 0.5) is 0 Å². The molecule has 1 atom stereocenters. The zero-order valence-corrected chi connectivity index (χ0v) is 9.86. The van der Waals surface area contributed by atoms with Crippen molar-refractivity contribution in [2.75, 3.05) is 13.1 Å². The van der Waals surface area contributed by atoms with Gasteiger partial charge in [-0.3, -0.25) is 4.79 Å². The molecule has 16 heavy (non-hydrogen) atoms. The van der Waals surface area contributed by atoms with Crippen LogP contribution in [0.2, 0.25) is 0 Å². The fourth-order valence-electron chi connectivity index (χ4n) is 1.62. The summed E-state index contributed by atoms with van der Waals surface area (Å²) < 4.78 is 0. The summed E-state index contributed by atoms with van der Waals surface area (Å²) in [5.41, 5.74) is 2.57. The van der Waals surface area contributed by atoms with Gasteiger partial charge in [0.2, 0.25) is 0 Å². The van der Waals surface area contributed by atoms with Crippen molar-refractivity contribution in [2.24, 2.45) is 5.92 Å². The van der Waals surface area contributed by atoms with Crippen molar-refractivity contribution >= 4 is 5.97 Å². The standard InChI is InChI=1S/C13H19NO2/c1-10-3-5-12(6-4-10)7-11(2)8-14-9-13(15)16/h3-6,11,14H,7-9H2,1-2H3,(H,15,16). The molecule has 1 unspecified atom stereocenters. The third kappa shape index (κ3) is 4.94. The minimum Gasteiger partial charge on any atom is -0.480 e. The summed E-state index contributed by atoms with van der Waals surface area (Å²) in [5, 5.41) is 11.4. The number of carboxylic acid groups (broad SMARTS) is 1. The molecule has 0 heterocycles. The summed E-state index contributed by atoms with van der Waals surface area (Å²) in [7, 11) is 0. The van der Waals surface area contributed by atoms with Gasteiger partial charge in [-0.1, -0.05) is 36.8 Å². The Balaban J connectivity index is 2.31. The highest BCUT2D eigenvalue weighted by Gasteiger charge is 2.04. The number of aliphatic carboxylic acids is 1. The SMILES string of the molecule is Cc1ccc(CC(C)CNCC(=O)O)cc1. The van der Waals surface area contributed by atoms with Gasteiger partial charge in [0.05, 0.1) is 6.54 Å². The first-order valence-corrected chi connectivity index (χ1v) is 5.56. The highest BCUT2D eigenvalue weighted by Crippen LogP contribution is 2.09. The van der Waals surface area contributed by atoms with Crippen molar-refractivity contribution in [3.05, 3.63) is 35.4 Å². The largest absolute Gasteiger partial charge is 0.480 e. The first-order valence-electron chi connectivity index (χ1n) is 5.56. The summed E-state index contributed by atoms with van der Waals surface area (Å²) >= 11 is 0. The Labute approximate surface area is 96.5 Å². The summed E-state index contributed by atoms with van der Waals surface area (Å²) in [5.74, 6) is -0.357. The highest BCUT2D eigenvalue weighted by atomic mass is 16.4. The van der Waals surface area contributed by atoms with E-state index < -0.39 is 5.97 Å². The van der Waals surface area contributed by atoms with Crippen LogP contribution in [0.25, 0.3) is 0 Å². The van der Waals surface area contributed by atoms with E-state index in [0.29, 0.717) is 5.92 Å². The van der Waals surface area contributed by atoms with Gasteiger partial charge in [-0.15, -0.1) is 0 Å². The Morgan fingerprint density at radius 3 is 2.56 bits per heavy atom. The quantitative estimate of drug-likeness (QED) is 0.770. The smallest absolute Gasteiger partial charge is 0.317 e. The number of carbonyl (C=O) groups is 1. The van der Waals surface area contributed by atoms with E-state index in [9.17, 15) is 4.79 Å². The van der Waals surface area contributed by atoms with Crippen LogP contribution in [0.3, 0.4) is 0 Å². The molecule has 0 saturated carbocycles. The lowest BCUT2D eigenvalue weighted by atomic mass is 10.0.